The molecule has 0 aliphatic heterocycles. The van der Waals surface area contributed by atoms with E-state index in [9.17, 15) is 4.79 Å². The van der Waals surface area contributed by atoms with Crippen LogP contribution in [-0.2, 0) is 6.54 Å². The first-order valence-corrected chi connectivity index (χ1v) is 8.49. The number of rotatable bonds is 5. The Bertz CT molecular complexity index is 937. The number of amidine groups is 1. The normalized spacial score (nSPS) is 10.3. The van der Waals surface area contributed by atoms with Crippen LogP contribution in [0.1, 0.15) is 21.5 Å². The lowest BCUT2D eigenvalue weighted by molar-refractivity contribution is 0.0951. The standard InChI is InChI=1S/C21H18ClN3O/c22-19-11-10-17(12-18(19)15-4-2-1-3-5-15)21(26)25-13-14-6-8-16(9-7-14)20(23)24/h1-12H,13H2,(H3,23,24)(H,25,26). The summed E-state index contributed by atoms with van der Waals surface area (Å²) >= 11 is 6.29. The van der Waals surface area contributed by atoms with E-state index in [0.29, 0.717) is 22.7 Å². The monoisotopic (exact) mass is 363 g/mol. The summed E-state index contributed by atoms with van der Waals surface area (Å²) in [6.45, 7) is 0.389. The van der Waals surface area contributed by atoms with Crippen molar-refractivity contribution in [3.05, 3.63) is 94.5 Å². The summed E-state index contributed by atoms with van der Waals surface area (Å²) in [4.78, 5) is 12.5. The minimum Gasteiger partial charge on any atom is -0.384 e. The lowest BCUT2D eigenvalue weighted by atomic mass is 10.0. The highest BCUT2D eigenvalue weighted by Crippen LogP contribution is 2.28. The van der Waals surface area contributed by atoms with Crippen LogP contribution in [-0.4, -0.2) is 11.7 Å². The van der Waals surface area contributed by atoms with Crippen molar-refractivity contribution in [3.63, 3.8) is 0 Å². The largest absolute Gasteiger partial charge is 0.384 e. The summed E-state index contributed by atoms with van der Waals surface area (Å²) in [5.74, 6) is -0.148. The van der Waals surface area contributed by atoms with Gasteiger partial charge in [0.2, 0.25) is 0 Å². The first-order valence-electron chi connectivity index (χ1n) is 8.11. The maximum atomic E-state index is 12.5. The zero-order valence-electron chi connectivity index (χ0n) is 14.0. The Labute approximate surface area is 157 Å². The van der Waals surface area contributed by atoms with Crippen LogP contribution in [0.15, 0.2) is 72.8 Å². The van der Waals surface area contributed by atoms with Crippen LogP contribution in [0.4, 0.5) is 0 Å². The number of hydrogen-bond donors (Lipinski definition) is 3. The van der Waals surface area contributed by atoms with Crippen LogP contribution in [0.5, 0.6) is 0 Å². The Hall–Kier alpha value is -3.11. The van der Waals surface area contributed by atoms with Crippen LogP contribution in [0.3, 0.4) is 0 Å². The second-order valence-corrected chi connectivity index (χ2v) is 6.26. The molecule has 4 N–H and O–H groups in total. The first kappa shape index (κ1) is 17.7. The van der Waals surface area contributed by atoms with Crippen LogP contribution >= 0.6 is 11.6 Å². The van der Waals surface area contributed by atoms with Gasteiger partial charge in [0.05, 0.1) is 0 Å². The van der Waals surface area contributed by atoms with Crippen molar-refractivity contribution in [2.24, 2.45) is 5.73 Å². The molecule has 0 saturated heterocycles. The number of nitrogen functional groups attached to an aromatic ring is 1. The van der Waals surface area contributed by atoms with E-state index in [1.807, 2.05) is 42.5 Å². The SMILES string of the molecule is N=C(N)c1ccc(CNC(=O)c2ccc(Cl)c(-c3ccccc3)c2)cc1. The minimum atomic E-state index is -0.172. The fourth-order valence-electron chi connectivity index (χ4n) is 2.59. The summed E-state index contributed by atoms with van der Waals surface area (Å²) in [5, 5.41) is 10.9. The van der Waals surface area contributed by atoms with E-state index >= 15 is 0 Å². The molecule has 4 nitrogen and oxygen atoms in total. The number of carbonyl (C=O) groups excluding carboxylic acids is 1. The topological polar surface area (TPSA) is 79.0 Å². The van der Waals surface area contributed by atoms with Crippen LogP contribution in [0.2, 0.25) is 5.02 Å². The zero-order valence-corrected chi connectivity index (χ0v) is 14.8. The van der Waals surface area contributed by atoms with Gasteiger partial charge in [-0.05, 0) is 29.3 Å². The Balaban J connectivity index is 1.73. The fraction of sp³-hybridized carbons (Fsp3) is 0.0476. The zero-order chi connectivity index (χ0) is 18.5. The third-order valence-electron chi connectivity index (χ3n) is 4.03. The van der Waals surface area contributed by atoms with Crippen molar-refractivity contribution in [1.82, 2.24) is 5.32 Å². The van der Waals surface area contributed by atoms with Gasteiger partial charge in [0.1, 0.15) is 5.84 Å². The number of hydrogen-bond acceptors (Lipinski definition) is 2. The van der Waals surface area contributed by atoms with Crippen molar-refractivity contribution in [1.29, 1.82) is 5.41 Å². The Morgan fingerprint density at radius 1 is 0.962 bits per heavy atom. The van der Waals surface area contributed by atoms with E-state index in [0.717, 1.165) is 16.7 Å². The van der Waals surface area contributed by atoms with Crippen LogP contribution < -0.4 is 11.1 Å². The number of carbonyl (C=O) groups is 1. The molecule has 0 heterocycles. The summed E-state index contributed by atoms with van der Waals surface area (Å²) < 4.78 is 0. The second kappa shape index (κ2) is 7.85. The molecule has 0 saturated carbocycles. The molecule has 3 rings (SSSR count). The highest BCUT2D eigenvalue weighted by molar-refractivity contribution is 6.33. The number of nitrogens with two attached hydrogens (primary N) is 1. The van der Waals surface area contributed by atoms with E-state index in [4.69, 9.17) is 22.7 Å². The molecule has 0 atom stereocenters. The summed E-state index contributed by atoms with van der Waals surface area (Å²) in [6.07, 6.45) is 0. The molecule has 0 aliphatic rings. The van der Waals surface area contributed by atoms with E-state index in [1.54, 1.807) is 30.3 Å². The third-order valence-corrected chi connectivity index (χ3v) is 4.36. The molecule has 0 radical (unpaired) electrons. The van der Waals surface area contributed by atoms with Crippen molar-refractivity contribution in [2.45, 2.75) is 6.54 Å². The van der Waals surface area contributed by atoms with Gasteiger partial charge >= 0.3 is 0 Å². The van der Waals surface area contributed by atoms with Crippen molar-refractivity contribution < 1.29 is 4.79 Å². The van der Waals surface area contributed by atoms with Gasteiger partial charge in [-0.3, -0.25) is 10.2 Å². The van der Waals surface area contributed by atoms with Gasteiger partial charge in [-0.1, -0.05) is 66.2 Å². The first-order chi connectivity index (χ1) is 12.5. The van der Waals surface area contributed by atoms with E-state index in [1.165, 1.54) is 0 Å². The fourth-order valence-corrected chi connectivity index (χ4v) is 2.82. The molecule has 0 unspecified atom stereocenters. The van der Waals surface area contributed by atoms with Gasteiger partial charge in [-0.25, -0.2) is 0 Å². The molecule has 0 spiro atoms. The van der Waals surface area contributed by atoms with Gasteiger partial charge in [0.15, 0.2) is 0 Å². The maximum absolute atomic E-state index is 12.5. The molecule has 0 fully saturated rings. The smallest absolute Gasteiger partial charge is 0.251 e. The quantitative estimate of drug-likeness (QED) is 0.468. The van der Waals surface area contributed by atoms with Gasteiger partial charge in [-0.2, -0.15) is 0 Å². The predicted molar refractivity (Wildman–Crippen MR) is 106 cm³/mol. The van der Waals surface area contributed by atoms with Crippen LogP contribution in [0.25, 0.3) is 11.1 Å². The number of benzene rings is 3. The second-order valence-electron chi connectivity index (χ2n) is 5.85. The van der Waals surface area contributed by atoms with Gasteiger partial charge in [0.25, 0.3) is 5.91 Å². The van der Waals surface area contributed by atoms with Gasteiger partial charge in [0, 0.05) is 28.3 Å². The number of nitrogens with one attached hydrogen (secondary N) is 2. The van der Waals surface area contributed by atoms with Gasteiger partial charge < -0.3 is 11.1 Å². The number of amides is 1. The summed E-state index contributed by atoms with van der Waals surface area (Å²) in [7, 11) is 0. The average molecular weight is 364 g/mol. The van der Waals surface area contributed by atoms with E-state index in [-0.39, 0.29) is 11.7 Å². The third kappa shape index (κ3) is 4.10. The van der Waals surface area contributed by atoms with Crippen LogP contribution in [0, 0.1) is 5.41 Å². The molecular formula is C21H18ClN3O. The maximum Gasteiger partial charge on any atom is 0.251 e. The molecule has 1 amide bonds. The average Bonchev–Trinajstić information content (AvgIpc) is 2.67. The highest BCUT2D eigenvalue weighted by Gasteiger charge is 2.10. The molecule has 0 aromatic heterocycles. The van der Waals surface area contributed by atoms with E-state index < -0.39 is 0 Å². The lowest BCUT2D eigenvalue weighted by Gasteiger charge is -2.09. The van der Waals surface area contributed by atoms with Gasteiger partial charge in [-0.15, -0.1) is 0 Å². The van der Waals surface area contributed by atoms with E-state index in [2.05, 4.69) is 5.32 Å². The number of halogens is 1. The van der Waals surface area contributed by atoms with Crippen molar-refractivity contribution >= 4 is 23.3 Å². The highest BCUT2D eigenvalue weighted by atomic mass is 35.5. The minimum absolute atomic E-state index is 0.0233. The Kier molecular flexibility index (Phi) is 5.34. The molecule has 26 heavy (non-hydrogen) atoms. The Morgan fingerprint density at radius 2 is 1.62 bits per heavy atom. The van der Waals surface area contributed by atoms with Crippen molar-refractivity contribution in [2.75, 3.05) is 0 Å². The van der Waals surface area contributed by atoms with Crippen molar-refractivity contribution in [3.8, 4) is 11.1 Å². The lowest BCUT2D eigenvalue weighted by Crippen LogP contribution is -2.22. The molecule has 130 valence electrons. The molecule has 3 aromatic carbocycles. The molecule has 5 heteroatoms. The molecular weight excluding hydrogens is 346 g/mol. The molecule has 3 aromatic rings. The predicted octanol–water partition coefficient (Wildman–Crippen LogP) is 4.22. The molecule has 0 bridgehead atoms. The molecule has 0 aliphatic carbocycles. The Morgan fingerprint density at radius 3 is 2.27 bits per heavy atom. The summed E-state index contributed by atoms with van der Waals surface area (Å²) in [6, 6.07) is 22.2. The summed E-state index contributed by atoms with van der Waals surface area (Å²) in [5.41, 5.74) is 9.37.